The lowest BCUT2D eigenvalue weighted by molar-refractivity contribution is -0.153. The highest BCUT2D eigenvalue weighted by molar-refractivity contribution is 7.49. The van der Waals surface area contributed by atoms with Crippen molar-refractivity contribution in [2.75, 3.05) is 31.7 Å². The highest BCUT2D eigenvalue weighted by Crippen LogP contribution is 2.21. The largest absolute Gasteiger partial charge is 0.629 e. The van der Waals surface area contributed by atoms with Crippen molar-refractivity contribution in [1.29, 1.82) is 0 Å². The first-order valence-electron chi connectivity index (χ1n) is 18.3. The van der Waals surface area contributed by atoms with Gasteiger partial charge in [-0.1, -0.05) is 132 Å². The van der Waals surface area contributed by atoms with E-state index in [-0.39, 0.29) is 23.6 Å². The lowest BCUT2D eigenvalue weighted by Crippen LogP contribution is -2.13. The van der Waals surface area contributed by atoms with Crippen molar-refractivity contribution in [2.24, 2.45) is 0 Å². The number of nitrogens with one attached hydrogen (secondary N) is 1. The molecule has 0 aliphatic rings. The summed E-state index contributed by atoms with van der Waals surface area (Å²) in [5, 5.41) is 2.79. The smallest absolute Gasteiger partial charge is 0.280 e. The van der Waals surface area contributed by atoms with E-state index in [1.165, 1.54) is 131 Å². The van der Waals surface area contributed by atoms with Gasteiger partial charge in [-0.3, -0.25) is 9.78 Å². The zero-order chi connectivity index (χ0) is 33.7. The molecule has 3 N–H and O–H groups in total. The van der Waals surface area contributed by atoms with Gasteiger partial charge in [0.1, 0.15) is 6.16 Å². The second-order valence-corrected chi connectivity index (χ2v) is 14.3. The Kier molecular flexibility index (Phi) is 17.7. The van der Waals surface area contributed by atoms with Crippen LogP contribution in [0.1, 0.15) is 108 Å². The molecule has 2 heterocycles. The molecule has 0 fully saturated rings. The Hall–Kier alpha value is -3.10. The molecular formula is C38H56N5O4P. The van der Waals surface area contributed by atoms with Gasteiger partial charge >= 0.3 is 0 Å². The summed E-state index contributed by atoms with van der Waals surface area (Å²) in [6.45, 7) is 1.90. The summed E-state index contributed by atoms with van der Waals surface area (Å²) < 4.78 is 12.8. The Morgan fingerprint density at radius 3 is 2.12 bits per heavy atom. The molecule has 1 unspecified atom stereocenters. The zero-order valence-corrected chi connectivity index (χ0v) is 29.6. The molecule has 9 nitrogen and oxygen atoms in total. The summed E-state index contributed by atoms with van der Waals surface area (Å²) in [5.74, 6) is 1.42. The molecule has 2 aromatic heterocycles. The average molecular weight is 678 g/mol. The molecule has 0 aliphatic carbocycles. The summed E-state index contributed by atoms with van der Waals surface area (Å²) in [4.78, 5) is 34.6. The number of aryl methyl sites for hydroxylation is 1. The summed E-state index contributed by atoms with van der Waals surface area (Å²) in [6, 6.07) is 15.5. The number of nitrogen functional groups attached to an aromatic ring is 1. The van der Waals surface area contributed by atoms with Gasteiger partial charge in [0, 0.05) is 13.2 Å². The number of imidazole rings is 1. The molecule has 4 rings (SSSR count). The number of ether oxygens (including phenoxy) is 2. The van der Waals surface area contributed by atoms with Crippen LogP contribution in [0.3, 0.4) is 0 Å². The zero-order valence-electron chi connectivity index (χ0n) is 28.8. The highest BCUT2D eigenvalue weighted by Gasteiger charge is 2.09. The second kappa shape index (κ2) is 22.5. The van der Waals surface area contributed by atoms with Crippen molar-refractivity contribution < 1.29 is 14.4 Å². The van der Waals surface area contributed by atoms with Crippen LogP contribution in [0.25, 0.3) is 21.9 Å². The van der Waals surface area contributed by atoms with E-state index in [9.17, 15) is 9.69 Å². The van der Waals surface area contributed by atoms with Crippen LogP contribution in [0.4, 0.5) is 5.95 Å². The van der Waals surface area contributed by atoms with Crippen molar-refractivity contribution in [3.05, 3.63) is 64.7 Å². The number of nitrogens with two attached hydrogens (primary N) is 1. The van der Waals surface area contributed by atoms with Crippen LogP contribution in [0.2, 0.25) is 0 Å². The van der Waals surface area contributed by atoms with Gasteiger partial charge in [0.2, 0.25) is 11.9 Å². The fraction of sp³-hybridized carbons (Fsp3) is 0.579. The van der Waals surface area contributed by atoms with Crippen LogP contribution in [0.5, 0.6) is 0 Å². The van der Waals surface area contributed by atoms with E-state index in [0.717, 1.165) is 13.0 Å². The Morgan fingerprint density at radius 2 is 1.42 bits per heavy atom. The third-order valence-electron chi connectivity index (χ3n) is 8.96. The Balaban J connectivity index is 0.854. The number of hydrogen-bond acceptors (Lipinski definition) is 7. The molecule has 0 amide bonds. The predicted octanol–water partition coefficient (Wildman–Crippen LogP) is 7.89. The first-order chi connectivity index (χ1) is 23.6. The fourth-order valence-corrected chi connectivity index (χ4v) is 6.92. The van der Waals surface area contributed by atoms with Crippen molar-refractivity contribution in [3.8, 4) is 0 Å². The van der Waals surface area contributed by atoms with Gasteiger partial charge < -0.3 is 24.7 Å². The lowest BCUT2D eigenvalue weighted by atomic mass is 9.99. The molecule has 1 atom stereocenters. The van der Waals surface area contributed by atoms with Gasteiger partial charge in [0.05, 0.1) is 27.3 Å². The number of anilines is 1. The Labute approximate surface area is 287 Å². The van der Waals surface area contributed by atoms with Crippen LogP contribution < -0.4 is 16.2 Å². The van der Waals surface area contributed by atoms with Crippen LogP contribution in [-0.4, -0.2) is 51.5 Å². The quantitative estimate of drug-likeness (QED) is 0.0510. The minimum Gasteiger partial charge on any atom is -0.629 e. The maximum Gasteiger partial charge on any atom is 0.280 e. The number of rotatable bonds is 26. The van der Waals surface area contributed by atoms with E-state index in [1.54, 1.807) is 4.57 Å². The predicted molar refractivity (Wildman–Crippen MR) is 199 cm³/mol. The third kappa shape index (κ3) is 13.8. The van der Waals surface area contributed by atoms with Crippen molar-refractivity contribution >= 4 is 41.6 Å². The average Bonchev–Trinajstić information content (AvgIpc) is 3.50. The molecular weight excluding hydrogens is 621 g/mol. The maximum absolute atomic E-state index is 12.2. The monoisotopic (exact) mass is 677 g/mol. The molecule has 262 valence electrons. The van der Waals surface area contributed by atoms with Crippen LogP contribution in [0.15, 0.2) is 53.6 Å². The van der Waals surface area contributed by atoms with Gasteiger partial charge in [0.25, 0.3) is 5.56 Å². The molecule has 0 bridgehead atoms. The van der Waals surface area contributed by atoms with Gasteiger partial charge in [-0.2, -0.15) is 4.98 Å². The molecule has 4 aromatic rings. The van der Waals surface area contributed by atoms with E-state index in [2.05, 4.69) is 57.4 Å². The molecule has 10 heteroatoms. The molecule has 0 spiro atoms. The normalized spacial score (nSPS) is 12.1. The van der Waals surface area contributed by atoms with Crippen molar-refractivity contribution in [2.45, 2.75) is 116 Å². The van der Waals surface area contributed by atoms with E-state index in [0.29, 0.717) is 25.0 Å². The number of aromatic amines is 1. The topological polar surface area (TPSA) is 131 Å². The number of aromatic nitrogens is 4. The summed E-state index contributed by atoms with van der Waals surface area (Å²) >= 11 is 0. The first-order valence-corrected chi connectivity index (χ1v) is 19.8. The Morgan fingerprint density at radius 1 is 0.792 bits per heavy atom. The molecule has 0 aliphatic heterocycles. The lowest BCUT2D eigenvalue weighted by Gasteiger charge is -2.07. The Bertz CT molecular complexity index is 1560. The minimum atomic E-state index is -1.59. The van der Waals surface area contributed by atoms with Gasteiger partial charge in [-0.15, -0.1) is 0 Å². The standard InChI is InChI=1S/C38H56N5O4P/c39-38-41-36-35(37(44)42-38)40-30-43(36)25-27-47-31-48(45)29-28-46-26-18-14-12-10-8-6-4-2-1-3-5-7-9-11-13-15-20-32-22-19-23-33-21-16-17-24-34(32)33/h16-17,19,21-24,30-31H,1-15,18,20,25-29H2,(H3,39,41,42,44). The molecule has 48 heavy (non-hydrogen) atoms. The second-order valence-electron chi connectivity index (χ2n) is 12.8. The number of fused-ring (bicyclic) bond motifs is 2. The van der Waals surface area contributed by atoms with E-state index in [1.807, 2.05) is 0 Å². The molecule has 0 saturated carbocycles. The van der Waals surface area contributed by atoms with Crippen LogP contribution >= 0.6 is 7.77 Å². The van der Waals surface area contributed by atoms with Crippen molar-refractivity contribution in [3.63, 3.8) is 0 Å². The van der Waals surface area contributed by atoms with E-state index in [4.69, 9.17) is 15.2 Å². The maximum atomic E-state index is 12.2. The number of H-pyrrole nitrogens is 1. The summed E-state index contributed by atoms with van der Waals surface area (Å²) in [5.41, 5.74) is 7.38. The number of nitrogens with zero attached hydrogens (tertiary/aromatic N) is 3. The molecule has 0 saturated heterocycles. The first kappa shape index (κ1) is 37.7. The molecule has 0 radical (unpaired) electrons. The highest BCUT2D eigenvalue weighted by atomic mass is 31.1. The summed E-state index contributed by atoms with van der Waals surface area (Å²) in [6.07, 6.45) is 24.5. The van der Waals surface area contributed by atoms with Gasteiger partial charge in [-0.05, 0) is 35.6 Å². The van der Waals surface area contributed by atoms with Crippen LogP contribution in [-0.2, 0) is 22.4 Å². The minimum absolute atomic E-state index is 0.0396. The van der Waals surface area contributed by atoms with Crippen LogP contribution in [0, 0.1) is 0 Å². The van der Waals surface area contributed by atoms with E-state index >= 15 is 0 Å². The number of benzene rings is 2. The van der Waals surface area contributed by atoms with Gasteiger partial charge in [-0.25, -0.2) is 4.98 Å². The summed E-state index contributed by atoms with van der Waals surface area (Å²) in [7, 11) is -1.59. The SMILES string of the molecule is Nc1nc2c(ncn2CCOC=[P+]([O-])CCOCCCCCCCCCCCCCCCCCCc2cccc3ccccc23)c(=O)[nH]1. The fourth-order valence-electron chi connectivity index (χ4n) is 6.24. The molecule has 2 aromatic carbocycles. The van der Waals surface area contributed by atoms with Gasteiger partial charge in [0.15, 0.2) is 11.2 Å². The van der Waals surface area contributed by atoms with Crippen molar-refractivity contribution in [1.82, 2.24) is 19.5 Å². The third-order valence-corrected chi connectivity index (χ3v) is 9.96. The van der Waals surface area contributed by atoms with E-state index < -0.39 is 7.77 Å². The number of unbranched alkanes of at least 4 members (excludes halogenated alkanes) is 15. The number of hydrogen-bond donors (Lipinski definition) is 2.